The topological polar surface area (TPSA) is 38.9 Å². The van der Waals surface area contributed by atoms with Crippen molar-refractivity contribution in [1.82, 2.24) is 9.97 Å². The van der Waals surface area contributed by atoms with Gasteiger partial charge in [0.1, 0.15) is 11.2 Å². The number of hydrogen-bond acceptors (Lipinski definition) is 3. The Hall–Kier alpha value is -3.20. The zero-order valence-corrected chi connectivity index (χ0v) is 14.7. The Morgan fingerprint density at radius 2 is 1.42 bits per heavy atom. The molecule has 0 amide bonds. The van der Waals surface area contributed by atoms with Crippen molar-refractivity contribution in [2.24, 2.45) is 0 Å². The standard InChI is InChI=1S/C23H18N2O/c1-14(2)21-22(25-19-12-5-4-11-18(19)24-21)17-10-7-9-16-15-8-3-6-13-20(15)26-23(16)17/h3-14H,1-2H3. The van der Waals surface area contributed by atoms with Crippen LogP contribution in [0.4, 0.5) is 0 Å². The lowest BCUT2D eigenvalue weighted by Gasteiger charge is -2.13. The van der Waals surface area contributed by atoms with Crippen LogP contribution >= 0.6 is 0 Å². The van der Waals surface area contributed by atoms with Crippen molar-refractivity contribution in [3.05, 3.63) is 72.4 Å². The monoisotopic (exact) mass is 338 g/mol. The van der Waals surface area contributed by atoms with Crippen molar-refractivity contribution in [3.8, 4) is 11.3 Å². The molecule has 5 aromatic rings. The van der Waals surface area contributed by atoms with Gasteiger partial charge in [0.25, 0.3) is 0 Å². The maximum absolute atomic E-state index is 6.22. The summed E-state index contributed by atoms with van der Waals surface area (Å²) in [5, 5.41) is 2.24. The molecule has 3 aromatic carbocycles. The van der Waals surface area contributed by atoms with Gasteiger partial charge in [-0.2, -0.15) is 0 Å². The van der Waals surface area contributed by atoms with Gasteiger partial charge in [-0.05, 0) is 30.2 Å². The van der Waals surface area contributed by atoms with Crippen molar-refractivity contribution in [1.29, 1.82) is 0 Å². The zero-order chi connectivity index (χ0) is 17.7. The van der Waals surface area contributed by atoms with Crippen LogP contribution in [0.2, 0.25) is 0 Å². The van der Waals surface area contributed by atoms with E-state index in [0.717, 1.165) is 49.9 Å². The maximum Gasteiger partial charge on any atom is 0.144 e. The van der Waals surface area contributed by atoms with E-state index < -0.39 is 0 Å². The normalized spacial score (nSPS) is 11.8. The van der Waals surface area contributed by atoms with Crippen LogP contribution in [0, 0.1) is 0 Å². The summed E-state index contributed by atoms with van der Waals surface area (Å²) in [6, 6.07) is 22.4. The largest absolute Gasteiger partial charge is 0.455 e. The summed E-state index contributed by atoms with van der Waals surface area (Å²) in [7, 11) is 0. The Morgan fingerprint density at radius 3 is 2.23 bits per heavy atom. The molecule has 2 heterocycles. The Bertz CT molecular complexity index is 1270. The second-order valence-corrected chi connectivity index (χ2v) is 6.88. The Kier molecular flexibility index (Phi) is 3.29. The van der Waals surface area contributed by atoms with E-state index in [1.54, 1.807) is 0 Å². The zero-order valence-electron chi connectivity index (χ0n) is 14.7. The van der Waals surface area contributed by atoms with Gasteiger partial charge in [0, 0.05) is 16.3 Å². The molecule has 0 saturated heterocycles. The van der Waals surface area contributed by atoms with Crippen LogP contribution in [0.5, 0.6) is 0 Å². The fraction of sp³-hybridized carbons (Fsp3) is 0.130. The van der Waals surface area contributed by atoms with Gasteiger partial charge in [-0.3, -0.25) is 0 Å². The SMILES string of the molecule is CC(C)c1nc2ccccc2nc1-c1cccc2c1oc1ccccc12. The predicted octanol–water partition coefficient (Wildman–Crippen LogP) is 6.32. The lowest BCUT2D eigenvalue weighted by atomic mass is 10.00. The smallest absolute Gasteiger partial charge is 0.144 e. The van der Waals surface area contributed by atoms with Crippen LogP contribution in [0.15, 0.2) is 71.1 Å². The molecule has 0 aliphatic carbocycles. The highest BCUT2D eigenvalue weighted by atomic mass is 16.3. The molecule has 0 atom stereocenters. The Morgan fingerprint density at radius 1 is 0.731 bits per heavy atom. The van der Waals surface area contributed by atoms with Crippen molar-refractivity contribution >= 4 is 33.0 Å². The summed E-state index contributed by atoms with van der Waals surface area (Å²) < 4.78 is 6.22. The molecule has 2 aromatic heterocycles. The molecule has 0 spiro atoms. The lowest BCUT2D eigenvalue weighted by molar-refractivity contribution is 0.669. The van der Waals surface area contributed by atoms with Gasteiger partial charge >= 0.3 is 0 Å². The van der Waals surface area contributed by atoms with Gasteiger partial charge in [0.2, 0.25) is 0 Å². The molecule has 0 aliphatic heterocycles. The third-order valence-corrected chi connectivity index (χ3v) is 4.80. The highest BCUT2D eigenvalue weighted by Gasteiger charge is 2.18. The van der Waals surface area contributed by atoms with Gasteiger partial charge < -0.3 is 4.42 Å². The van der Waals surface area contributed by atoms with Gasteiger partial charge in [0.15, 0.2) is 0 Å². The second-order valence-electron chi connectivity index (χ2n) is 6.88. The average Bonchev–Trinajstić information content (AvgIpc) is 3.05. The van der Waals surface area contributed by atoms with Crippen molar-refractivity contribution in [3.63, 3.8) is 0 Å². The molecular weight excluding hydrogens is 320 g/mol. The van der Waals surface area contributed by atoms with Crippen LogP contribution in [0.25, 0.3) is 44.2 Å². The number of fused-ring (bicyclic) bond motifs is 4. The average molecular weight is 338 g/mol. The van der Waals surface area contributed by atoms with Crippen LogP contribution in [-0.2, 0) is 0 Å². The van der Waals surface area contributed by atoms with Crippen LogP contribution in [-0.4, -0.2) is 9.97 Å². The van der Waals surface area contributed by atoms with Gasteiger partial charge in [-0.15, -0.1) is 0 Å². The molecule has 0 N–H and O–H groups in total. The van der Waals surface area contributed by atoms with E-state index in [1.807, 2.05) is 42.5 Å². The number of para-hydroxylation sites is 4. The van der Waals surface area contributed by atoms with Gasteiger partial charge in [-0.25, -0.2) is 9.97 Å². The fourth-order valence-electron chi connectivity index (χ4n) is 3.55. The minimum Gasteiger partial charge on any atom is -0.455 e. The first-order chi connectivity index (χ1) is 12.7. The van der Waals surface area contributed by atoms with E-state index in [4.69, 9.17) is 14.4 Å². The number of furan rings is 1. The summed E-state index contributed by atoms with van der Waals surface area (Å²) in [5.41, 5.74) is 6.51. The summed E-state index contributed by atoms with van der Waals surface area (Å²) in [6.07, 6.45) is 0. The van der Waals surface area contributed by atoms with E-state index in [1.165, 1.54) is 0 Å². The number of nitrogens with zero attached hydrogens (tertiary/aromatic N) is 2. The fourth-order valence-corrected chi connectivity index (χ4v) is 3.55. The first-order valence-corrected chi connectivity index (χ1v) is 8.89. The van der Waals surface area contributed by atoms with Gasteiger partial charge in [0.05, 0.1) is 22.4 Å². The molecule has 0 aliphatic rings. The molecule has 126 valence electrons. The molecule has 26 heavy (non-hydrogen) atoms. The van der Waals surface area contributed by atoms with E-state index >= 15 is 0 Å². The summed E-state index contributed by atoms with van der Waals surface area (Å²) in [6.45, 7) is 4.31. The highest BCUT2D eigenvalue weighted by Crippen LogP contribution is 2.37. The van der Waals surface area contributed by atoms with Gasteiger partial charge in [-0.1, -0.05) is 56.3 Å². The summed E-state index contributed by atoms with van der Waals surface area (Å²) >= 11 is 0. The maximum atomic E-state index is 6.22. The van der Waals surface area contributed by atoms with Crippen LogP contribution in [0.1, 0.15) is 25.5 Å². The highest BCUT2D eigenvalue weighted by molar-refractivity contribution is 6.09. The predicted molar refractivity (Wildman–Crippen MR) is 106 cm³/mol. The molecule has 0 radical (unpaired) electrons. The summed E-state index contributed by atoms with van der Waals surface area (Å²) in [5.74, 6) is 0.266. The molecule has 3 heteroatoms. The van der Waals surface area contributed by atoms with Crippen LogP contribution < -0.4 is 0 Å². The van der Waals surface area contributed by atoms with Crippen molar-refractivity contribution in [2.75, 3.05) is 0 Å². The molecule has 0 bridgehead atoms. The number of benzene rings is 3. The summed E-state index contributed by atoms with van der Waals surface area (Å²) in [4.78, 5) is 9.87. The van der Waals surface area contributed by atoms with Crippen molar-refractivity contribution < 1.29 is 4.42 Å². The second kappa shape index (κ2) is 5.67. The van der Waals surface area contributed by atoms with E-state index in [2.05, 4.69) is 38.1 Å². The van der Waals surface area contributed by atoms with E-state index in [9.17, 15) is 0 Å². The van der Waals surface area contributed by atoms with Crippen molar-refractivity contribution in [2.45, 2.75) is 19.8 Å². The molecule has 0 fully saturated rings. The Labute approximate surface area is 151 Å². The third kappa shape index (κ3) is 2.21. The van der Waals surface area contributed by atoms with E-state index in [0.29, 0.717) is 0 Å². The number of rotatable bonds is 2. The molecule has 5 rings (SSSR count). The quantitative estimate of drug-likeness (QED) is 0.378. The molecule has 0 unspecified atom stereocenters. The van der Waals surface area contributed by atoms with E-state index in [-0.39, 0.29) is 5.92 Å². The van der Waals surface area contributed by atoms with Crippen LogP contribution in [0.3, 0.4) is 0 Å². The minimum atomic E-state index is 0.266. The number of hydrogen-bond donors (Lipinski definition) is 0. The minimum absolute atomic E-state index is 0.266. The lowest BCUT2D eigenvalue weighted by Crippen LogP contribution is -2.01. The first-order valence-electron chi connectivity index (χ1n) is 8.89. The Balaban J connectivity index is 1.89. The third-order valence-electron chi connectivity index (χ3n) is 4.80. The first kappa shape index (κ1) is 15.1. The molecule has 3 nitrogen and oxygen atoms in total. The molecule has 0 saturated carbocycles. The number of aromatic nitrogens is 2. The molecular formula is C23H18N2O.